The highest BCUT2D eigenvalue weighted by Gasteiger charge is 2.55. The molecule has 0 spiro atoms. The van der Waals surface area contributed by atoms with Gasteiger partial charge in [0.15, 0.2) is 27.0 Å². The van der Waals surface area contributed by atoms with Gasteiger partial charge in [-0.15, -0.1) is 6.58 Å². The molecule has 2 saturated heterocycles. The summed E-state index contributed by atoms with van der Waals surface area (Å²) in [6, 6.07) is 1.89. The monoisotopic (exact) mass is 928 g/mol. The number of esters is 3. The van der Waals surface area contributed by atoms with Gasteiger partial charge in [0, 0.05) is 32.8 Å². The van der Waals surface area contributed by atoms with Crippen LogP contribution in [0.2, 0.25) is 18.1 Å². The van der Waals surface area contributed by atoms with Crippen LogP contribution in [-0.4, -0.2) is 159 Å². The second-order valence-electron chi connectivity index (χ2n) is 18.2. The molecule has 2 fully saturated rings. The van der Waals surface area contributed by atoms with Gasteiger partial charge in [-0.25, -0.2) is 0 Å². The van der Waals surface area contributed by atoms with Crippen LogP contribution < -0.4 is 0 Å². The summed E-state index contributed by atoms with van der Waals surface area (Å²) in [4.78, 5) is 40.5. The molecule has 16 atom stereocenters. The minimum absolute atomic E-state index is 0.00417. The first kappa shape index (κ1) is 55.8. The first-order valence-corrected chi connectivity index (χ1v) is 25.8. The van der Waals surface area contributed by atoms with E-state index in [0.717, 1.165) is 18.1 Å². The quantitative estimate of drug-likeness (QED) is 0.0758. The molecule has 3 aliphatic heterocycles. The predicted molar refractivity (Wildman–Crippen MR) is 242 cm³/mol. The number of hydrogen-bond donors (Lipinski definition) is 3. The summed E-state index contributed by atoms with van der Waals surface area (Å²) < 4.78 is 56.3. The fraction of sp³-hybridized carbons (Fsp3) is 0.809. The van der Waals surface area contributed by atoms with E-state index in [4.69, 9.17) is 42.3 Å². The normalized spacial score (nSPS) is 38.4. The third kappa shape index (κ3) is 14.5. The van der Waals surface area contributed by atoms with Crippen LogP contribution in [0.4, 0.5) is 0 Å². The molecular formula is C47H81NO15Si. The number of aliphatic hydroxyl groups is 3. The number of hydrogen-bond acceptors (Lipinski definition) is 16. The van der Waals surface area contributed by atoms with Gasteiger partial charge >= 0.3 is 17.9 Å². The lowest BCUT2D eigenvalue weighted by Crippen LogP contribution is -2.67. The van der Waals surface area contributed by atoms with Gasteiger partial charge in [0.2, 0.25) is 0 Å². The van der Waals surface area contributed by atoms with Crippen molar-refractivity contribution in [1.29, 1.82) is 0 Å². The Kier molecular flexibility index (Phi) is 21.8. The van der Waals surface area contributed by atoms with E-state index in [0.29, 0.717) is 6.42 Å². The number of methoxy groups -OCH3 is 1. The number of aliphatic hydroxyl groups excluding tert-OH is 1. The van der Waals surface area contributed by atoms with Gasteiger partial charge < -0.3 is 62.5 Å². The summed E-state index contributed by atoms with van der Waals surface area (Å²) in [5, 5.41) is 36.7. The first-order valence-electron chi connectivity index (χ1n) is 23.2. The molecule has 64 heavy (non-hydrogen) atoms. The van der Waals surface area contributed by atoms with Crippen LogP contribution in [0.5, 0.6) is 0 Å². The third-order valence-corrected chi connectivity index (χ3v) is 17.7. The summed E-state index contributed by atoms with van der Waals surface area (Å²) in [6.07, 6.45) is -3.17. The Morgan fingerprint density at radius 1 is 0.906 bits per heavy atom. The van der Waals surface area contributed by atoms with Crippen molar-refractivity contribution in [1.82, 2.24) is 4.90 Å². The maximum absolute atomic E-state index is 13.5. The van der Waals surface area contributed by atoms with Crippen LogP contribution in [0.15, 0.2) is 37.0 Å². The van der Waals surface area contributed by atoms with Crippen LogP contribution in [0.3, 0.4) is 0 Å². The van der Waals surface area contributed by atoms with E-state index in [9.17, 15) is 29.7 Å². The largest absolute Gasteiger partial charge is 0.462 e. The SMILES string of the molecule is C=C[C@@]1(O)C[C@@H](C)[C@@H](O[Si](CC)(CC)CC)C=CC=CC[C@@H](C)OC(=O)C[C@@H](OC(=O)CC)[C@H](OC)[C@H]1OC1OC(C)C(OC2CC(C)(O)C(OC(=O)CC)C(C)O2)C(N(C)C)C1O. The van der Waals surface area contributed by atoms with E-state index in [1.54, 1.807) is 60.5 Å². The molecule has 0 radical (unpaired) electrons. The molecule has 0 aliphatic carbocycles. The number of allylic oxidation sites excluding steroid dienone is 2. The number of ether oxygens (including phenoxy) is 8. The van der Waals surface area contributed by atoms with E-state index < -0.39 is 124 Å². The fourth-order valence-electron chi connectivity index (χ4n) is 9.09. The van der Waals surface area contributed by atoms with Crippen molar-refractivity contribution in [2.75, 3.05) is 21.2 Å². The Morgan fingerprint density at radius 2 is 1.53 bits per heavy atom. The van der Waals surface area contributed by atoms with E-state index in [1.807, 2.05) is 31.2 Å². The topological polar surface area (TPSA) is 198 Å². The highest BCUT2D eigenvalue weighted by molar-refractivity contribution is 6.73. The molecule has 17 heteroatoms. The van der Waals surface area contributed by atoms with E-state index in [1.165, 1.54) is 13.2 Å². The molecule has 3 aliphatic rings. The van der Waals surface area contributed by atoms with Gasteiger partial charge in [-0.05, 0) is 72.3 Å². The van der Waals surface area contributed by atoms with E-state index in [2.05, 4.69) is 27.4 Å². The van der Waals surface area contributed by atoms with Gasteiger partial charge in [-0.3, -0.25) is 14.4 Å². The van der Waals surface area contributed by atoms with Crippen molar-refractivity contribution in [2.24, 2.45) is 5.92 Å². The molecule has 3 rings (SSSR count). The molecule has 16 nitrogen and oxygen atoms in total. The number of likely N-dealkylation sites (N-methyl/N-ethyl adjacent to an activating group) is 1. The van der Waals surface area contributed by atoms with Crippen LogP contribution in [0.1, 0.15) is 108 Å². The standard InChI is InChI=1S/C47H81NO15Si/c1-15-35(49)59-34-26-37(51)56-30(8)24-22-21-23-25-33(63-64(18-4,19-5)20-6)29(7)27-47(54,17-3)44(42(34)55-14)62-45-40(52)39(48(12)13)41(31(9)58-45)61-38-28-46(11,53)43(32(10)57-38)60-36(50)16-2/h17,21-23,25,29-34,38-45,52-54H,3,15-16,18-20,24,26-28H2,1-2,4-14H3/t29-,30-,31?,32?,33+,34-,38?,39?,40?,41?,42+,43?,44-,45?,46?,47-/m1/s1. The lowest BCUT2D eigenvalue weighted by Gasteiger charge is -2.51. The van der Waals surface area contributed by atoms with Crippen molar-refractivity contribution < 1.29 is 72.0 Å². The Labute approximate surface area is 383 Å². The Bertz CT molecular complexity index is 1550. The van der Waals surface area contributed by atoms with Crippen LogP contribution in [0.25, 0.3) is 0 Å². The van der Waals surface area contributed by atoms with Gasteiger partial charge in [-0.2, -0.15) is 0 Å². The van der Waals surface area contributed by atoms with Crippen molar-refractivity contribution in [3.8, 4) is 0 Å². The molecule has 0 bridgehead atoms. The zero-order chi connectivity index (χ0) is 48.2. The number of carbonyl (C=O) groups is 3. The fourth-order valence-corrected chi connectivity index (χ4v) is 12.0. The number of rotatable bonds is 16. The molecule has 0 aromatic carbocycles. The number of cyclic esters (lactones) is 1. The van der Waals surface area contributed by atoms with Crippen molar-refractivity contribution >= 4 is 26.2 Å². The number of nitrogens with zero attached hydrogens (tertiary/aromatic N) is 1. The molecule has 0 amide bonds. The van der Waals surface area contributed by atoms with Gasteiger partial charge in [-0.1, -0.05) is 71.9 Å². The average molecular weight is 928 g/mol. The van der Waals surface area contributed by atoms with E-state index >= 15 is 0 Å². The van der Waals surface area contributed by atoms with E-state index in [-0.39, 0.29) is 31.6 Å². The summed E-state index contributed by atoms with van der Waals surface area (Å²) in [6.45, 7) is 22.5. The molecule has 0 saturated carbocycles. The number of carbonyl (C=O) groups excluding carboxylic acids is 3. The van der Waals surface area contributed by atoms with Crippen LogP contribution in [0, 0.1) is 5.92 Å². The zero-order valence-corrected chi connectivity index (χ0v) is 41.7. The lowest BCUT2D eigenvalue weighted by molar-refractivity contribution is -0.348. The molecule has 0 aromatic rings. The first-order chi connectivity index (χ1) is 30.1. The lowest BCUT2D eigenvalue weighted by atomic mass is 9.80. The zero-order valence-electron chi connectivity index (χ0n) is 40.7. The van der Waals surface area contributed by atoms with Gasteiger partial charge in [0.1, 0.15) is 47.8 Å². The molecular weight excluding hydrogens is 847 g/mol. The molecule has 368 valence electrons. The van der Waals surface area contributed by atoms with Gasteiger partial charge in [0.25, 0.3) is 0 Å². The van der Waals surface area contributed by atoms with Crippen molar-refractivity contribution in [3.05, 3.63) is 37.0 Å². The van der Waals surface area contributed by atoms with Crippen LogP contribution >= 0.6 is 0 Å². The summed E-state index contributed by atoms with van der Waals surface area (Å²) >= 11 is 0. The molecule has 3 heterocycles. The predicted octanol–water partition coefficient (Wildman–Crippen LogP) is 5.51. The minimum Gasteiger partial charge on any atom is -0.462 e. The van der Waals surface area contributed by atoms with Crippen LogP contribution in [-0.2, 0) is 56.7 Å². The Hall–Kier alpha value is -2.55. The summed E-state index contributed by atoms with van der Waals surface area (Å²) in [7, 11) is 2.68. The molecule has 0 aromatic heterocycles. The maximum atomic E-state index is 13.5. The van der Waals surface area contributed by atoms with Crippen molar-refractivity contribution in [3.63, 3.8) is 0 Å². The smallest absolute Gasteiger partial charge is 0.309 e. The van der Waals surface area contributed by atoms with Crippen molar-refractivity contribution in [2.45, 2.75) is 217 Å². The molecule has 3 N–H and O–H groups in total. The summed E-state index contributed by atoms with van der Waals surface area (Å²) in [5.41, 5.74) is -3.48. The minimum atomic E-state index is -2.20. The Balaban J connectivity index is 2.13. The highest BCUT2D eigenvalue weighted by Crippen LogP contribution is 2.39. The highest BCUT2D eigenvalue weighted by atomic mass is 28.4. The second-order valence-corrected chi connectivity index (χ2v) is 23.0. The third-order valence-electron chi connectivity index (χ3n) is 13.1. The second kappa shape index (κ2) is 25.0. The average Bonchev–Trinajstić information content (AvgIpc) is 3.23. The molecule has 9 unspecified atom stereocenters. The Morgan fingerprint density at radius 3 is 2.08 bits per heavy atom. The summed E-state index contributed by atoms with van der Waals surface area (Å²) in [5.74, 6) is -2.11. The van der Waals surface area contributed by atoms with Gasteiger partial charge in [0.05, 0.1) is 30.8 Å². The maximum Gasteiger partial charge on any atom is 0.309 e.